The number of likely N-dealkylation sites (tertiary alicyclic amines) is 1. The molecule has 198 valence electrons. The summed E-state index contributed by atoms with van der Waals surface area (Å²) in [7, 11) is 1.93. The van der Waals surface area contributed by atoms with E-state index in [4.69, 9.17) is 4.74 Å². The van der Waals surface area contributed by atoms with E-state index in [1.807, 2.05) is 36.2 Å². The third kappa shape index (κ3) is 5.69. The van der Waals surface area contributed by atoms with Crippen LogP contribution in [0.2, 0.25) is 0 Å². The lowest BCUT2D eigenvalue weighted by molar-refractivity contribution is -0.134. The summed E-state index contributed by atoms with van der Waals surface area (Å²) in [5, 5.41) is 1.15. The number of carbonyl (C=O) groups is 1. The molecule has 0 atom stereocenters. The number of nitrogens with zero attached hydrogens (tertiary/aromatic N) is 3. The van der Waals surface area contributed by atoms with Gasteiger partial charge in [0.15, 0.2) is 6.61 Å². The molecule has 3 heterocycles. The van der Waals surface area contributed by atoms with Crippen LogP contribution in [-0.4, -0.2) is 53.6 Å². The number of aromatic nitrogens is 1. The van der Waals surface area contributed by atoms with Gasteiger partial charge in [0.05, 0.1) is 5.52 Å². The molecule has 5 nitrogen and oxygen atoms in total. The fourth-order valence-corrected chi connectivity index (χ4v) is 6.27. The normalized spacial score (nSPS) is 19.5. The Morgan fingerprint density at radius 1 is 1.05 bits per heavy atom. The summed E-state index contributed by atoms with van der Waals surface area (Å²) in [5.41, 5.74) is 3.58. The SMILES string of the molecule is CC(C)n1cc(CN2CCC3(CCCCc4ccccc4OCC(=O)N(C)C3)CC2)c2ccc(F)cc21. The first kappa shape index (κ1) is 25.8. The van der Waals surface area contributed by atoms with Crippen LogP contribution in [0.1, 0.15) is 63.1 Å². The van der Waals surface area contributed by atoms with E-state index >= 15 is 0 Å². The lowest BCUT2D eigenvalue weighted by atomic mass is 9.73. The maximum atomic E-state index is 14.0. The Labute approximate surface area is 220 Å². The minimum atomic E-state index is -0.186. The molecule has 1 spiro atoms. The van der Waals surface area contributed by atoms with E-state index in [-0.39, 0.29) is 29.8 Å². The number of rotatable bonds is 3. The minimum absolute atomic E-state index is 0.0471. The van der Waals surface area contributed by atoms with Crippen molar-refractivity contribution in [3.63, 3.8) is 0 Å². The molecule has 1 saturated heterocycles. The largest absolute Gasteiger partial charge is 0.483 e. The van der Waals surface area contributed by atoms with Gasteiger partial charge in [-0.15, -0.1) is 0 Å². The summed E-state index contributed by atoms with van der Waals surface area (Å²) < 4.78 is 22.1. The second-order valence-electron chi connectivity index (χ2n) is 11.4. The van der Waals surface area contributed by atoms with Crippen LogP contribution in [0.5, 0.6) is 5.75 Å². The molecule has 1 fully saturated rings. The zero-order valence-corrected chi connectivity index (χ0v) is 22.5. The van der Waals surface area contributed by atoms with Crippen LogP contribution in [-0.2, 0) is 17.8 Å². The van der Waals surface area contributed by atoms with Crippen LogP contribution in [0, 0.1) is 11.2 Å². The number of hydrogen-bond acceptors (Lipinski definition) is 3. The van der Waals surface area contributed by atoms with Crippen molar-refractivity contribution >= 4 is 16.8 Å². The molecule has 1 aromatic heterocycles. The molecule has 2 aliphatic rings. The molecule has 0 bridgehead atoms. The Balaban J connectivity index is 1.28. The minimum Gasteiger partial charge on any atom is -0.483 e. The molecular formula is C31H40FN3O2. The maximum Gasteiger partial charge on any atom is 0.260 e. The van der Waals surface area contributed by atoms with E-state index in [1.165, 1.54) is 11.1 Å². The Hall–Kier alpha value is -2.86. The van der Waals surface area contributed by atoms with Crippen molar-refractivity contribution in [2.75, 3.05) is 33.3 Å². The maximum absolute atomic E-state index is 14.0. The average Bonchev–Trinajstić information content (AvgIpc) is 3.24. The van der Waals surface area contributed by atoms with Crippen molar-refractivity contribution in [3.05, 3.63) is 65.6 Å². The number of hydrogen-bond donors (Lipinski definition) is 0. The molecule has 37 heavy (non-hydrogen) atoms. The van der Waals surface area contributed by atoms with Crippen LogP contribution >= 0.6 is 0 Å². The van der Waals surface area contributed by atoms with E-state index < -0.39 is 0 Å². The molecule has 0 N–H and O–H groups in total. The highest BCUT2D eigenvalue weighted by Crippen LogP contribution is 2.39. The molecule has 1 amide bonds. The number of para-hydroxylation sites is 1. The number of amides is 1. The first-order valence-corrected chi connectivity index (χ1v) is 13.8. The second kappa shape index (κ2) is 10.9. The molecule has 0 aliphatic carbocycles. The predicted octanol–water partition coefficient (Wildman–Crippen LogP) is 6.21. The van der Waals surface area contributed by atoms with Crippen molar-refractivity contribution in [1.82, 2.24) is 14.4 Å². The Bertz CT molecular complexity index is 1240. The van der Waals surface area contributed by atoms with Crippen LogP contribution in [0.15, 0.2) is 48.7 Å². The van der Waals surface area contributed by atoms with Crippen LogP contribution in [0.25, 0.3) is 10.9 Å². The van der Waals surface area contributed by atoms with Gasteiger partial charge < -0.3 is 14.2 Å². The van der Waals surface area contributed by atoms with Gasteiger partial charge in [0, 0.05) is 37.8 Å². The van der Waals surface area contributed by atoms with Gasteiger partial charge in [-0.25, -0.2) is 4.39 Å². The zero-order valence-electron chi connectivity index (χ0n) is 22.5. The summed E-state index contributed by atoms with van der Waals surface area (Å²) >= 11 is 0. The van der Waals surface area contributed by atoms with Gasteiger partial charge in [0.25, 0.3) is 5.91 Å². The highest BCUT2D eigenvalue weighted by molar-refractivity contribution is 5.84. The van der Waals surface area contributed by atoms with Crippen molar-refractivity contribution in [2.24, 2.45) is 5.41 Å². The highest BCUT2D eigenvalue weighted by atomic mass is 19.1. The Morgan fingerprint density at radius 2 is 1.84 bits per heavy atom. The molecule has 5 rings (SSSR count). The topological polar surface area (TPSA) is 37.7 Å². The van der Waals surface area contributed by atoms with E-state index in [1.54, 1.807) is 12.1 Å². The zero-order chi connectivity index (χ0) is 26.0. The molecule has 6 heteroatoms. The fourth-order valence-electron chi connectivity index (χ4n) is 6.27. The summed E-state index contributed by atoms with van der Waals surface area (Å²) in [6, 6.07) is 13.6. The van der Waals surface area contributed by atoms with Crippen molar-refractivity contribution in [2.45, 2.75) is 65.0 Å². The van der Waals surface area contributed by atoms with Gasteiger partial charge in [-0.05, 0) is 99.8 Å². The lowest BCUT2D eigenvalue weighted by Crippen LogP contribution is -2.47. The number of piperidine rings is 1. The molecule has 0 unspecified atom stereocenters. The van der Waals surface area contributed by atoms with Crippen molar-refractivity contribution < 1.29 is 13.9 Å². The lowest BCUT2D eigenvalue weighted by Gasteiger charge is -2.44. The number of likely N-dealkylation sites (N-methyl/N-ethyl adjacent to an activating group) is 1. The van der Waals surface area contributed by atoms with Gasteiger partial charge in [-0.3, -0.25) is 9.69 Å². The highest BCUT2D eigenvalue weighted by Gasteiger charge is 2.36. The summed E-state index contributed by atoms with van der Waals surface area (Å²) in [6.45, 7) is 8.06. The average molecular weight is 506 g/mol. The van der Waals surface area contributed by atoms with E-state index in [0.717, 1.165) is 81.4 Å². The molecule has 0 saturated carbocycles. The van der Waals surface area contributed by atoms with Crippen LogP contribution < -0.4 is 4.74 Å². The van der Waals surface area contributed by atoms with Crippen molar-refractivity contribution in [1.29, 1.82) is 0 Å². The first-order valence-electron chi connectivity index (χ1n) is 13.8. The third-order valence-electron chi connectivity index (χ3n) is 8.47. The van der Waals surface area contributed by atoms with E-state index in [9.17, 15) is 9.18 Å². The summed E-state index contributed by atoms with van der Waals surface area (Å²) in [4.78, 5) is 17.4. The monoisotopic (exact) mass is 505 g/mol. The van der Waals surface area contributed by atoms with Crippen LogP contribution in [0.3, 0.4) is 0 Å². The Kier molecular flexibility index (Phi) is 7.57. The van der Waals surface area contributed by atoms with Gasteiger partial charge in [0.2, 0.25) is 0 Å². The predicted molar refractivity (Wildman–Crippen MR) is 146 cm³/mol. The number of halogens is 1. The first-order chi connectivity index (χ1) is 17.8. The van der Waals surface area contributed by atoms with Gasteiger partial charge in [-0.1, -0.05) is 24.6 Å². The summed E-state index contributed by atoms with van der Waals surface area (Å²) in [5.74, 6) is 0.703. The number of ether oxygens (including phenoxy) is 1. The van der Waals surface area contributed by atoms with Crippen molar-refractivity contribution in [3.8, 4) is 5.75 Å². The summed E-state index contributed by atoms with van der Waals surface area (Å²) in [6.07, 6.45) is 8.80. The molecule has 2 aromatic carbocycles. The molecule has 2 aliphatic heterocycles. The van der Waals surface area contributed by atoms with Gasteiger partial charge in [-0.2, -0.15) is 0 Å². The molecular weight excluding hydrogens is 465 g/mol. The van der Waals surface area contributed by atoms with Gasteiger partial charge in [0.1, 0.15) is 11.6 Å². The Morgan fingerprint density at radius 3 is 2.62 bits per heavy atom. The van der Waals surface area contributed by atoms with E-state index in [2.05, 4.69) is 35.6 Å². The quantitative estimate of drug-likeness (QED) is 0.425. The standard InChI is InChI=1S/C31H40FN3O2/c1-23(2)35-20-25(27-12-11-26(32)18-28(27)35)19-34-16-14-31(15-17-34)13-7-6-9-24-8-4-5-10-29(24)37-21-30(36)33(3)22-31/h4-5,8,10-12,18,20,23H,6-7,9,13-17,19,21-22H2,1-3H3. The number of fused-ring (bicyclic) bond motifs is 2. The smallest absolute Gasteiger partial charge is 0.260 e. The molecule has 3 aromatic rings. The number of carbonyl (C=O) groups excluding carboxylic acids is 1. The third-order valence-corrected chi connectivity index (χ3v) is 8.47. The number of benzene rings is 2. The van der Waals surface area contributed by atoms with Crippen LogP contribution in [0.4, 0.5) is 4.39 Å². The fraction of sp³-hybridized carbons (Fsp3) is 0.516. The number of aryl methyl sites for hydroxylation is 1. The van der Waals surface area contributed by atoms with E-state index in [0.29, 0.717) is 0 Å². The second-order valence-corrected chi connectivity index (χ2v) is 11.4. The molecule has 0 radical (unpaired) electrons. The van der Waals surface area contributed by atoms with Gasteiger partial charge >= 0.3 is 0 Å².